The second-order valence-corrected chi connectivity index (χ2v) is 11.9. The number of carbonyl (C=O) groups is 3. The van der Waals surface area contributed by atoms with Gasteiger partial charge in [-0.05, 0) is 60.5 Å². The fourth-order valence-corrected chi connectivity index (χ4v) is 5.64. The maximum atomic E-state index is 12.9. The summed E-state index contributed by atoms with van der Waals surface area (Å²) in [6.45, 7) is 3.40. The number of nitrogens with one attached hydrogen (secondary N) is 2. The molecule has 0 bridgehead atoms. The number of unbranched alkanes of at least 4 members (excludes halogenated alkanes) is 1. The molecule has 0 aromatic heterocycles. The van der Waals surface area contributed by atoms with Gasteiger partial charge in [-0.3, -0.25) is 14.4 Å². The Morgan fingerprint density at radius 2 is 1.55 bits per heavy atom. The molecule has 1 aliphatic heterocycles. The Bertz CT molecular complexity index is 1440. The van der Waals surface area contributed by atoms with Gasteiger partial charge in [-0.2, -0.15) is 4.31 Å². The summed E-state index contributed by atoms with van der Waals surface area (Å²) in [5.41, 5.74) is 2.24. The van der Waals surface area contributed by atoms with E-state index in [-0.39, 0.29) is 35.6 Å². The van der Waals surface area contributed by atoms with E-state index in [2.05, 4.69) is 17.6 Å². The molecule has 0 aliphatic carbocycles. The van der Waals surface area contributed by atoms with Crippen LogP contribution in [0.2, 0.25) is 0 Å². The number of likely N-dealkylation sites (tertiary alicyclic amines) is 1. The number of rotatable bonds is 11. The second-order valence-electron chi connectivity index (χ2n) is 9.89. The summed E-state index contributed by atoms with van der Waals surface area (Å²) in [4.78, 5) is 39.4. The molecular weight excluding hydrogens is 528 g/mol. The van der Waals surface area contributed by atoms with E-state index < -0.39 is 15.9 Å². The van der Waals surface area contributed by atoms with Crippen molar-refractivity contribution in [1.82, 2.24) is 9.21 Å². The number of carbonyl (C=O) groups excluding carboxylic acids is 3. The Hall–Kier alpha value is -4.02. The summed E-state index contributed by atoms with van der Waals surface area (Å²) >= 11 is 0. The van der Waals surface area contributed by atoms with Gasteiger partial charge in [0, 0.05) is 50.0 Å². The Labute approximate surface area is 235 Å². The summed E-state index contributed by atoms with van der Waals surface area (Å²) in [6.07, 6.45) is 2.11. The zero-order chi connectivity index (χ0) is 28.7. The maximum Gasteiger partial charge on any atom is 0.255 e. The van der Waals surface area contributed by atoms with Crippen molar-refractivity contribution in [3.8, 4) is 0 Å². The Kier molecular flexibility index (Phi) is 9.34. The lowest BCUT2D eigenvalue weighted by Gasteiger charge is -2.17. The van der Waals surface area contributed by atoms with Crippen LogP contribution in [0.15, 0.2) is 83.8 Å². The normalized spacial score (nSPS) is 15.3. The quantitative estimate of drug-likeness (QED) is 0.361. The first-order chi connectivity index (χ1) is 19.2. The van der Waals surface area contributed by atoms with E-state index in [1.165, 1.54) is 23.5 Å². The van der Waals surface area contributed by atoms with Crippen LogP contribution in [-0.4, -0.2) is 55.5 Å². The Morgan fingerprint density at radius 1 is 0.925 bits per heavy atom. The largest absolute Gasteiger partial charge is 0.342 e. The number of benzene rings is 3. The molecule has 1 atom stereocenters. The minimum atomic E-state index is -3.70. The molecular formula is C30H34N4O5S. The molecule has 3 aromatic rings. The van der Waals surface area contributed by atoms with Crippen LogP contribution in [0.25, 0.3) is 0 Å². The molecule has 210 valence electrons. The highest BCUT2D eigenvalue weighted by atomic mass is 32.2. The van der Waals surface area contributed by atoms with Crippen molar-refractivity contribution in [2.45, 2.75) is 37.6 Å². The van der Waals surface area contributed by atoms with Crippen molar-refractivity contribution < 1.29 is 22.8 Å². The van der Waals surface area contributed by atoms with Gasteiger partial charge in [-0.15, -0.1) is 0 Å². The van der Waals surface area contributed by atoms with Crippen LogP contribution in [0, 0.1) is 5.92 Å². The SMILES string of the molecule is CCCCN1CC(C(=O)Nc2ccc(C(=O)Nc3ccc(S(=O)(=O)N(C)Cc4ccccc4)cc3)cc2)CC1=O. The average Bonchev–Trinajstić information content (AvgIpc) is 3.33. The first-order valence-corrected chi connectivity index (χ1v) is 14.7. The van der Waals surface area contributed by atoms with Crippen molar-refractivity contribution in [1.29, 1.82) is 0 Å². The first-order valence-electron chi connectivity index (χ1n) is 13.3. The van der Waals surface area contributed by atoms with E-state index in [0.29, 0.717) is 30.0 Å². The van der Waals surface area contributed by atoms with Crippen LogP contribution in [0.5, 0.6) is 0 Å². The van der Waals surface area contributed by atoms with Crippen LogP contribution >= 0.6 is 0 Å². The standard InChI is InChI=1S/C30H34N4O5S/c1-3-4-18-34-21-24(19-28(34)35)30(37)32-25-12-10-23(11-13-25)29(36)31-26-14-16-27(17-15-26)40(38,39)33(2)20-22-8-6-5-7-9-22/h5-17,24H,3-4,18-21H2,1-2H3,(H,31,36)(H,32,37). The summed E-state index contributed by atoms with van der Waals surface area (Å²) in [7, 11) is -2.17. The molecule has 1 fully saturated rings. The highest BCUT2D eigenvalue weighted by Crippen LogP contribution is 2.22. The zero-order valence-electron chi connectivity index (χ0n) is 22.7. The van der Waals surface area contributed by atoms with E-state index in [4.69, 9.17) is 0 Å². The molecule has 0 saturated carbocycles. The van der Waals surface area contributed by atoms with Gasteiger partial charge < -0.3 is 15.5 Å². The van der Waals surface area contributed by atoms with Crippen LogP contribution in [0.3, 0.4) is 0 Å². The summed E-state index contributed by atoms with van der Waals surface area (Å²) < 4.78 is 27.2. The number of sulfonamides is 1. The van der Waals surface area contributed by atoms with E-state index in [9.17, 15) is 22.8 Å². The van der Waals surface area contributed by atoms with Crippen molar-refractivity contribution in [2.75, 3.05) is 30.8 Å². The maximum absolute atomic E-state index is 12.9. The minimum absolute atomic E-state index is 0.00505. The van der Waals surface area contributed by atoms with E-state index in [0.717, 1.165) is 18.4 Å². The molecule has 3 aromatic carbocycles. The van der Waals surface area contributed by atoms with Gasteiger partial charge in [-0.1, -0.05) is 43.7 Å². The summed E-state index contributed by atoms with van der Waals surface area (Å²) in [5, 5.41) is 5.59. The zero-order valence-corrected chi connectivity index (χ0v) is 23.5. The number of nitrogens with zero attached hydrogens (tertiary/aromatic N) is 2. The first kappa shape index (κ1) is 29.0. The Morgan fingerprint density at radius 3 is 2.20 bits per heavy atom. The lowest BCUT2D eigenvalue weighted by molar-refractivity contribution is -0.128. The number of amides is 3. The second kappa shape index (κ2) is 12.9. The topological polar surface area (TPSA) is 116 Å². The van der Waals surface area contributed by atoms with Gasteiger partial charge >= 0.3 is 0 Å². The van der Waals surface area contributed by atoms with E-state index >= 15 is 0 Å². The molecule has 4 rings (SSSR count). The molecule has 9 nitrogen and oxygen atoms in total. The van der Waals surface area contributed by atoms with Crippen LogP contribution in [-0.2, 0) is 26.2 Å². The Balaban J connectivity index is 1.31. The van der Waals surface area contributed by atoms with Crippen LogP contribution < -0.4 is 10.6 Å². The fourth-order valence-electron chi connectivity index (χ4n) is 4.48. The third kappa shape index (κ3) is 7.13. The van der Waals surface area contributed by atoms with Crippen molar-refractivity contribution in [2.24, 2.45) is 5.92 Å². The lowest BCUT2D eigenvalue weighted by Crippen LogP contribution is -2.29. The third-order valence-corrected chi connectivity index (χ3v) is 8.67. The monoisotopic (exact) mass is 562 g/mol. The van der Waals surface area contributed by atoms with Gasteiger partial charge in [0.2, 0.25) is 21.8 Å². The molecule has 1 unspecified atom stereocenters. The fraction of sp³-hybridized carbons (Fsp3) is 0.300. The molecule has 0 radical (unpaired) electrons. The minimum Gasteiger partial charge on any atom is -0.342 e. The number of hydrogen-bond donors (Lipinski definition) is 2. The lowest BCUT2D eigenvalue weighted by atomic mass is 10.1. The number of anilines is 2. The molecule has 3 amide bonds. The predicted molar refractivity (Wildman–Crippen MR) is 154 cm³/mol. The average molecular weight is 563 g/mol. The third-order valence-electron chi connectivity index (χ3n) is 6.85. The number of hydrogen-bond acceptors (Lipinski definition) is 5. The van der Waals surface area contributed by atoms with Crippen LogP contribution in [0.1, 0.15) is 42.1 Å². The molecule has 10 heteroatoms. The highest BCUT2D eigenvalue weighted by molar-refractivity contribution is 7.89. The molecule has 2 N–H and O–H groups in total. The van der Waals surface area contributed by atoms with E-state index in [1.54, 1.807) is 41.3 Å². The van der Waals surface area contributed by atoms with Crippen molar-refractivity contribution >= 4 is 39.1 Å². The highest BCUT2D eigenvalue weighted by Gasteiger charge is 2.33. The molecule has 1 aliphatic rings. The van der Waals surface area contributed by atoms with Crippen molar-refractivity contribution in [3.63, 3.8) is 0 Å². The molecule has 1 saturated heterocycles. The molecule has 0 spiro atoms. The van der Waals surface area contributed by atoms with Crippen LogP contribution in [0.4, 0.5) is 11.4 Å². The summed E-state index contributed by atoms with van der Waals surface area (Å²) in [5.74, 6) is -0.973. The van der Waals surface area contributed by atoms with Gasteiger partial charge in [0.25, 0.3) is 5.91 Å². The summed E-state index contributed by atoms with van der Waals surface area (Å²) in [6, 6.07) is 21.8. The smallest absolute Gasteiger partial charge is 0.255 e. The van der Waals surface area contributed by atoms with Gasteiger partial charge in [0.15, 0.2) is 0 Å². The van der Waals surface area contributed by atoms with E-state index in [1.807, 2.05) is 30.3 Å². The van der Waals surface area contributed by atoms with Gasteiger partial charge in [0.05, 0.1) is 10.8 Å². The molecule has 40 heavy (non-hydrogen) atoms. The molecule has 1 heterocycles. The van der Waals surface area contributed by atoms with Crippen molar-refractivity contribution in [3.05, 3.63) is 90.0 Å². The predicted octanol–water partition coefficient (Wildman–Crippen LogP) is 4.35. The van der Waals surface area contributed by atoms with Gasteiger partial charge in [-0.25, -0.2) is 8.42 Å². The van der Waals surface area contributed by atoms with Gasteiger partial charge in [0.1, 0.15) is 0 Å².